The quantitative estimate of drug-likeness (QED) is 0.842. The number of hydrogen-bond donors (Lipinski definition) is 2. The number of rotatable bonds is 3. The van der Waals surface area contributed by atoms with Crippen molar-refractivity contribution in [1.29, 1.82) is 0 Å². The summed E-state index contributed by atoms with van der Waals surface area (Å²) in [5, 5.41) is 2.79. The smallest absolute Gasteiger partial charge is 0.238 e. The molecule has 1 saturated carbocycles. The van der Waals surface area contributed by atoms with E-state index in [2.05, 4.69) is 10.2 Å². The van der Waals surface area contributed by atoms with Gasteiger partial charge in [0.2, 0.25) is 5.91 Å². The Hall–Kier alpha value is -1.62. The zero-order valence-electron chi connectivity index (χ0n) is 12.1. The number of carbonyl (C=O) groups excluding carboxylic acids is 1. The molecule has 1 amide bonds. The van der Waals surface area contributed by atoms with E-state index in [0.717, 1.165) is 12.5 Å². The molecule has 1 heterocycles. The van der Waals surface area contributed by atoms with Gasteiger partial charge in [-0.15, -0.1) is 0 Å². The highest BCUT2D eigenvalue weighted by Crippen LogP contribution is 2.35. The number of amides is 1. The number of likely N-dealkylation sites (tertiary alicyclic amines) is 1. The van der Waals surface area contributed by atoms with E-state index < -0.39 is 5.82 Å². The number of nitrogens with zero attached hydrogens (tertiary/aromatic N) is 1. The highest BCUT2D eigenvalue weighted by Gasteiger charge is 2.36. The second-order valence-corrected chi connectivity index (χ2v) is 6.15. The summed E-state index contributed by atoms with van der Waals surface area (Å²) in [4.78, 5) is 14.5. The van der Waals surface area contributed by atoms with Crippen LogP contribution in [0.4, 0.5) is 15.8 Å². The first-order chi connectivity index (χ1) is 10.1. The van der Waals surface area contributed by atoms with Gasteiger partial charge in [0.15, 0.2) is 0 Å². The van der Waals surface area contributed by atoms with Crippen molar-refractivity contribution in [2.75, 3.05) is 24.1 Å². The lowest BCUT2D eigenvalue weighted by Crippen LogP contribution is -2.39. The molecule has 2 aliphatic rings. The fourth-order valence-electron chi connectivity index (χ4n) is 3.72. The number of benzene rings is 1. The molecule has 1 aliphatic heterocycles. The van der Waals surface area contributed by atoms with Crippen LogP contribution in [0.15, 0.2) is 18.2 Å². The van der Waals surface area contributed by atoms with E-state index >= 15 is 0 Å². The molecule has 0 radical (unpaired) electrons. The number of carbonyl (C=O) groups is 1. The van der Waals surface area contributed by atoms with Crippen molar-refractivity contribution in [2.45, 2.75) is 38.1 Å². The maximum absolute atomic E-state index is 13.0. The number of nitrogens with two attached hydrogens (primary N) is 1. The molecule has 3 rings (SSSR count). The van der Waals surface area contributed by atoms with E-state index in [4.69, 9.17) is 5.73 Å². The minimum atomic E-state index is -0.393. The molecule has 114 valence electrons. The Bertz CT molecular complexity index is 534. The van der Waals surface area contributed by atoms with E-state index in [1.807, 2.05) is 0 Å². The second kappa shape index (κ2) is 6.02. The monoisotopic (exact) mass is 291 g/mol. The van der Waals surface area contributed by atoms with Crippen LogP contribution >= 0.6 is 0 Å². The van der Waals surface area contributed by atoms with Crippen LogP contribution in [0.1, 0.15) is 32.1 Å². The number of nitrogen functional groups attached to an aromatic ring is 1. The van der Waals surface area contributed by atoms with Crippen LogP contribution < -0.4 is 11.1 Å². The van der Waals surface area contributed by atoms with Gasteiger partial charge in [0.25, 0.3) is 0 Å². The Labute approximate surface area is 124 Å². The SMILES string of the molecule is Nc1cc(F)ccc1NC(=O)CN1CCC2CCCCC21. The fourth-order valence-corrected chi connectivity index (χ4v) is 3.72. The zero-order chi connectivity index (χ0) is 14.8. The molecule has 2 unspecified atom stereocenters. The molecule has 1 aromatic carbocycles. The first-order valence-electron chi connectivity index (χ1n) is 7.72. The zero-order valence-corrected chi connectivity index (χ0v) is 12.1. The normalized spacial score (nSPS) is 25.6. The van der Waals surface area contributed by atoms with Gasteiger partial charge in [-0.2, -0.15) is 0 Å². The summed E-state index contributed by atoms with van der Waals surface area (Å²) < 4.78 is 13.0. The molecule has 2 fully saturated rings. The van der Waals surface area contributed by atoms with Crippen LogP contribution in [-0.2, 0) is 4.79 Å². The number of halogens is 1. The van der Waals surface area contributed by atoms with Crippen molar-refractivity contribution in [1.82, 2.24) is 4.90 Å². The molecule has 4 nitrogen and oxygen atoms in total. The first kappa shape index (κ1) is 14.3. The third-order valence-electron chi connectivity index (χ3n) is 4.76. The molecular formula is C16H22FN3O. The van der Waals surface area contributed by atoms with Gasteiger partial charge < -0.3 is 11.1 Å². The molecule has 2 atom stereocenters. The highest BCUT2D eigenvalue weighted by molar-refractivity contribution is 5.95. The Balaban J connectivity index is 1.59. The lowest BCUT2D eigenvalue weighted by Gasteiger charge is -2.31. The highest BCUT2D eigenvalue weighted by atomic mass is 19.1. The lowest BCUT2D eigenvalue weighted by atomic mass is 9.85. The van der Waals surface area contributed by atoms with Gasteiger partial charge in [-0.05, 0) is 49.9 Å². The van der Waals surface area contributed by atoms with Gasteiger partial charge in [0.05, 0.1) is 17.9 Å². The van der Waals surface area contributed by atoms with Crippen molar-refractivity contribution in [3.63, 3.8) is 0 Å². The van der Waals surface area contributed by atoms with Crippen molar-refractivity contribution >= 4 is 17.3 Å². The summed E-state index contributed by atoms with van der Waals surface area (Å²) in [6.45, 7) is 1.40. The van der Waals surface area contributed by atoms with Crippen molar-refractivity contribution in [3.05, 3.63) is 24.0 Å². The Morgan fingerprint density at radius 1 is 1.33 bits per heavy atom. The molecule has 1 saturated heterocycles. The summed E-state index contributed by atoms with van der Waals surface area (Å²) in [6, 6.07) is 4.60. The van der Waals surface area contributed by atoms with Gasteiger partial charge in [-0.25, -0.2) is 4.39 Å². The largest absolute Gasteiger partial charge is 0.397 e. The second-order valence-electron chi connectivity index (χ2n) is 6.15. The maximum atomic E-state index is 13.0. The average molecular weight is 291 g/mol. The van der Waals surface area contributed by atoms with E-state index in [1.165, 1.54) is 50.3 Å². The number of anilines is 2. The molecule has 1 aliphatic carbocycles. The number of hydrogen-bond acceptors (Lipinski definition) is 3. The summed E-state index contributed by atoms with van der Waals surface area (Å²) in [5.74, 6) is 0.303. The summed E-state index contributed by atoms with van der Waals surface area (Å²) in [5.41, 5.74) is 6.47. The number of nitrogens with one attached hydrogen (secondary N) is 1. The third-order valence-corrected chi connectivity index (χ3v) is 4.76. The van der Waals surface area contributed by atoms with Crippen LogP contribution in [0.5, 0.6) is 0 Å². The Morgan fingerprint density at radius 2 is 2.14 bits per heavy atom. The molecule has 0 spiro atoms. The van der Waals surface area contributed by atoms with Gasteiger partial charge in [0.1, 0.15) is 5.82 Å². The van der Waals surface area contributed by atoms with Crippen molar-refractivity contribution in [3.8, 4) is 0 Å². The van der Waals surface area contributed by atoms with Gasteiger partial charge in [0, 0.05) is 6.04 Å². The van der Waals surface area contributed by atoms with Crippen LogP contribution in [0.2, 0.25) is 0 Å². The summed E-state index contributed by atoms with van der Waals surface area (Å²) in [7, 11) is 0. The topological polar surface area (TPSA) is 58.4 Å². The van der Waals surface area contributed by atoms with Gasteiger partial charge in [-0.1, -0.05) is 12.8 Å². The predicted octanol–water partition coefficient (Wildman–Crippen LogP) is 2.61. The van der Waals surface area contributed by atoms with E-state index in [0.29, 0.717) is 18.3 Å². The average Bonchev–Trinajstić information content (AvgIpc) is 2.85. The van der Waals surface area contributed by atoms with Crippen LogP contribution in [-0.4, -0.2) is 29.9 Å². The van der Waals surface area contributed by atoms with Crippen molar-refractivity contribution in [2.24, 2.45) is 5.92 Å². The van der Waals surface area contributed by atoms with E-state index in [-0.39, 0.29) is 11.6 Å². The first-order valence-corrected chi connectivity index (χ1v) is 7.72. The molecule has 21 heavy (non-hydrogen) atoms. The summed E-state index contributed by atoms with van der Waals surface area (Å²) in [6.07, 6.45) is 6.30. The van der Waals surface area contributed by atoms with Crippen LogP contribution in [0, 0.1) is 11.7 Å². The molecule has 1 aromatic rings. The summed E-state index contributed by atoms with van der Waals surface area (Å²) >= 11 is 0. The standard InChI is InChI=1S/C16H22FN3O/c17-12-5-6-14(13(18)9-12)19-16(21)10-20-8-7-11-3-1-2-4-15(11)20/h5-6,9,11,15H,1-4,7-8,10,18H2,(H,19,21). The minimum Gasteiger partial charge on any atom is -0.397 e. The lowest BCUT2D eigenvalue weighted by molar-refractivity contribution is -0.117. The minimum absolute atomic E-state index is 0.0699. The molecule has 0 aromatic heterocycles. The predicted molar refractivity (Wildman–Crippen MR) is 81.4 cm³/mol. The van der Waals surface area contributed by atoms with Gasteiger partial charge >= 0.3 is 0 Å². The third kappa shape index (κ3) is 3.18. The van der Waals surface area contributed by atoms with Crippen LogP contribution in [0.25, 0.3) is 0 Å². The molecular weight excluding hydrogens is 269 g/mol. The fraction of sp³-hybridized carbons (Fsp3) is 0.562. The number of fused-ring (bicyclic) bond motifs is 1. The van der Waals surface area contributed by atoms with E-state index in [1.54, 1.807) is 0 Å². The Kier molecular flexibility index (Phi) is 4.10. The van der Waals surface area contributed by atoms with Crippen molar-refractivity contribution < 1.29 is 9.18 Å². The maximum Gasteiger partial charge on any atom is 0.238 e. The molecule has 5 heteroatoms. The van der Waals surface area contributed by atoms with E-state index in [9.17, 15) is 9.18 Å². The van der Waals surface area contributed by atoms with Crippen LogP contribution in [0.3, 0.4) is 0 Å². The molecule has 0 bridgehead atoms. The van der Waals surface area contributed by atoms with Gasteiger partial charge in [-0.3, -0.25) is 9.69 Å². The molecule has 3 N–H and O–H groups in total. The Morgan fingerprint density at radius 3 is 2.95 bits per heavy atom.